The van der Waals surface area contributed by atoms with Crippen molar-refractivity contribution in [1.82, 2.24) is 29.2 Å². The van der Waals surface area contributed by atoms with Crippen LogP contribution in [0.4, 0.5) is 4.39 Å². The second-order valence-corrected chi connectivity index (χ2v) is 30.8. The largest absolute Gasteiger partial charge is 0.543 e. The molecular formula is C76H79Cl2FN6O10Si. The SMILES string of the molecule is COc1ccc(C(OC[C@@H](CN2CCN(C)CC2)Oc2ccc(-c3c(-c4ccc(F)cc4)c(Cl)n4ccnc(O[C@H](Cc5cc(O[Si](C)(C)C(C)(C)C)ccc5OCc5ccnc(-c6ccccc6OC)n5)C(=O)O)c34)c(C)c2Cl)(c2ccccc2)c2ccc(OC)cc2)cc1. The minimum absolute atomic E-state index is 0.0122. The molecule has 0 spiro atoms. The summed E-state index contributed by atoms with van der Waals surface area (Å²) in [5, 5.41) is 11.7. The third-order valence-electron chi connectivity index (χ3n) is 18.1. The zero-order chi connectivity index (χ0) is 67.9. The number of fused-ring (bicyclic) bond motifs is 1. The molecule has 1 fully saturated rings. The molecule has 0 aliphatic carbocycles. The second-order valence-electron chi connectivity index (χ2n) is 25.3. The number of carboxylic acids is 1. The summed E-state index contributed by atoms with van der Waals surface area (Å²) >= 11 is 15.2. The molecule has 2 atom stereocenters. The molecule has 498 valence electrons. The van der Waals surface area contributed by atoms with Crippen molar-refractivity contribution >= 4 is 43.0 Å². The van der Waals surface area contributed by atoms with E-state index in [0.717, 1.165) is 42.9 Å². The van der Waals surface area contributed by atoms with Crippen LogP contribution in [0.25, 0.3) is 39.2 Å². The van der Waals surface area contributed by atoms with Crippen LogP contribution in [-0.4, -0.2) is 128 Å². The van der Waals surface area contributed by atoms with Gasteiger partial charge in [-0.15, -0.1) is 0 Å². The third-order valence-corrected chi connectivity index (χ3v) is 23.3. The number of hydrogen-bond acceptors (Lipinski definition) is 14. The van der Waals surface area contributed by atoms with E-state index in [1.54, 1.807) is 62.4 Å². The summed E-state index contributed by atoms with van der Waals surface area (Å²) < 4.78 is 68.2. The Morgan fingerprint density at radius 1 is 0.688 bits per heavy atom. The van der Waals surface area contributed by atoms with E-state index in [1.165, 1.54) is 18.3 Å². The third kappa shape index (κ3) is 14.8. The van der Waals surface area contributed by atoms with Gasteiger partial charge in [0, 0.05) is 74.4 Å². The summed E-state index contributed by atoms with van der Waals surface area (Å²) in [7, 11) is 4.59. The molecule has 11 rings (SSSR count). The van der Waals surface area contributed by atoms with Crippen molar-refractivity contribution in [3.8, 4) is 74.0 Å². The van der Waals surface area contributed by atoms with Crippen LogP contribution in [0.15, 0.2) is 182 Å². The lowest BCUT2D eigenvalue weighted by Crippen LogP contribution is -2.49. The van der Waals surface area contributed by atoms with Crippen LogP contribution < -0.4 is 32.8 Å². The summed E-state index contributed by atoms with van der Waals surface area (Å²) in [6.45, 7) is 16.6. The van der Waals surface area contributed by atoms with E-state index in [1.807, 2.05) is 122 Å². The van der Waals surface area contributed by atoms with Crippen LogP contribution in [0.1, 0.15) is 54.3 Å². The number of carbonyl (C=O) groups is 1. The summed E-state index contributed by atoms with van der Waals surface area (Å²) in [6.07, 6.45) is 2.47. The number of para-hydroxylation sites is 1. The lowest BCUT2D eigenvalue weighted by Gasteiger charge is -2.39. The van der Waals surface area contributed by atoms with Gasteiger partial charge in [-0.05, 0) is 144 Å². The Hall–Kier alpha value is -9.01. The Kier molecular flexibility index (Phi) is 21.0. The zero-order valence-corrected chi connectivity index (χ0v) is 58.1. The van der Waals surface area contributed by atoms with Gasteiger partial charge in [-0.25, -0.2) is 24.1 Å². The molecule has 1 saturated heterocycles. The van der Waals surface area contributed by atoms with Gasteiger partial charge in [0.25, 0.3) is 0 Å². The van der Waals surface area contributed by atoms with Crippen LogP contribution in [0.5, 0.6) is 40.4 Å². The zero-order valence-electron chi connectivity index (χ0n) is 55.6. The van der Waals surface area contributed by atoms with Gasteiger partial charge in [0.1, 0.15) is 69.3 Å². The van der Waals surface area contributed by atoms with Crippen LogP contribution in [0.2, 0.25) is 28.3 Å². The lowest BCUT2D eigenvalue weighted by molar-refractivity contribution is -0.145. The summed E-state index contributed by atoms with van der Waals surface area (Å²) in [5.74, 6) is 2.03. The van der Waals surface area contributed by atoms with Crippen molar-refractivity contribution in [2.75, 3.05) is 67.7 Å². The molecule has 1 N–H and O–H groups in total. The van der Waals surface area contributed by atoms with E-state index in [-0.39, 0.29) is 35.7 Å². The molecular weight excluding hydrogens is 1270 g/mol. The van der Waals surface area contributed by atoms with Crippen molar-refractivity contribution in [2.24, 2.45) is 0 Å². The number of likely N-dealkylation sites (N-methyl/N-ethyl adjacent to an activating group) is 1. The minimum Gasteiger partial charge on any atom is -0.543 e. The number of ether oxygens (including phenoxy) is 7. The van der Waals surface area contributed by atoms with Crippen molar-refractivity contribution in [3.05, 3.63) is 232 Å². The predicted octanol–water partition coefficient (Wildman–Crippen LogP) is 15.9. The number of aromatic nitrogens is 4. The molecule has 1 aliphatic heterocycles. The lowest BCUT2D eigenvalue weighted by atomic mass is 9.80. The Morgan fingerprint density at radius 2 is 1.32 bits per heavy atom. The fourth-order valence-corrected chi connectivity index (χ4v) is 13.3. The topological polar surface area (TPSA) is 161 Å². The Balaban J connectivity index is 0.973. The average Bonchev–Trinajstić information content (AvgIpc) is 1.49. The maximum atomic E-state index is 14.9. The second kappa shape index (κ2) is 29.5. The molecule has 0 bridgehead atoms. The van der Waals surface area contributed by atoms with Gasteiger partial charge >= 0.3 is 5.97 Å². The Morgan fingerprint density at radius 3 is 1.97 bits per heavy atom. The van der Waals surface area contributed by atoms with Crippen molar-refractivity contribution in [2.45, 2.75) is 76.7 Å². The van der Waals surface area contributed by atoms with E-state index in [4.69, 9.17) is 70.8 Å². The normalized spacial score (nSPS) is 13.8. The van der Waals surface area contributed by atoms with E-state index in [2.05, 4.69) is 67.8 Å². The fourth-order valence-electron chi connectivity index (χ4n) is 11.8. The average molecular weight is 1350 g/mol. The molecule has 96 heavy (non-hydrogen) atoms. The quantitative estimate of drug-likeness (QED) is 0.0402. The molecule has 16 nitrogen and oxygen atoms in total. The van der Waals surface area contributed by atoms with E-state index in [9.17, 15) is 14.3 Å². The van der Waals surface area contributed by atoms with E-state index < -0.39 is 37.9 Å². The van der Waals surface area contributed by atoms with Gasteiger partial charge in [0.05, 0.1) is 44.2 Å². The van der Waals surface area contributed by atoms with Gasteiger partial charge in [-0.3, -0.25) is 4.90 Å². The van der Waals surface area contributed by atoms with Gasteiger partial charge in [0.15, 0.2) is 5.82 Å². The molecule has 1 aliphatic rings. The number of piperazine rings is 1. The maximum Gasteiger partial charge on any atom is 0.345 e. The number of halogens is 3. The number of nitrogens with zero attached hydrogens (tertiary/aromatic N) is 6. The molecule has 3 aromatic heterocycles. The van der Waals surface area contributed by atoms with Gasteiger partial charge in [-0.2, -0.15) is 0 Å². The molecule has 20 heteroatoms. The highest BCUT2D eigenvalue weighted by molar-refractivity contribution is 6.74. The van der Waals surface area contributed by atoms with Crippen molar-refractivity contribution in [1.29, 1.82) is 0 Å². The number of aliphatic carboxylic acids is 1. The summed E-state index contributed by atoms with van der Waals surface area (Å²) in [5.41, 5.74) is 6.35. The molecule has 0 saturated carbocycles. The number of rotatable bonds is 26. The van der Waals surface area contributed by atoms with Crippen molar-refractivity contribution < 1.29 is 51.9 Å². The molecule has 0 radical (unpaired) electrons. The number of methoxy groups -OCH3 is 3. The number of carboxylic acid groups (broad SMARTS) is 1. The molecule has 0 amide bonds. The number of hydrogen-bond donors (Lipinski definition) is 1. The first-order valence-electron chi connectivity index (χ1n) is 31.8. The fraction of sp³-hybridized carbons (Fsp3) is 0.289. The highest BCUT2D eigenvalue weighted by Gasteiger charge is 2.41. The first-order valence-corrected chi connectivity index (χ1v) is 35.4. The Labute approximate surface area is 571 Å². The minimum atomic E-state index is -2.41. The van der Waals surface area contributed by atoms with E-state index >= 15 is 0 Å². The van der Waals surface area contributed by atoms with Crippen LogP contribution >= 0.6 is 23.2 Å². The molecule has 4 heterocycles. The van der Waals surface area contributed by atoms with E-state index in [0.29, 0.717) is 102 Å². The molecule has 10 aromatic rings. The monoisotopic (exact) mass is 1350 g/mol. The first-order chi connectivity index (χ1) is 46.2. The highest BCUT2D eigenvalue weighted by atomic mass is 35.5. The van der Waals surface area contributed by atoms with Crippen LogP contribution in [0.3, 0.4) is 0 Å². The smallest absolute Gasteiger partial charge is 0.345 e. The predicted molar refractivity (Wildman–Crippen MR) is 376 cm³/mol. The first kappa shape index (κ1) is 68.4. The van der Waals surface area contributed by atoms with Gasteiger partial charge < -0.3 is 52.0 Å². The highest BCUT2D eigenvalue weighted by Crippen LogP contribution is 2.49. The van der Waals surface area contributed by atoms with Gasteiger partial charge in [-0.1, -0.05) is 129 Å². The van der Waals surface area contributed by atoms with Crippen LogP contribution in [0, 0.1) is 12.7 Å². The number of benzene rings is 7. The van der Waals surface area contributed by atoms with Crippen molar-refractivity contribution in [3.63, 3.8) is 0 Å². The Bertz CT molecular complexity index is 4290. The summed E-state index contributed by atoms with van der Waals surface area (Å²) in [4.78, 5) is 32.6. The van der Waals surface area contributed by atoms with Crippen LogP contribution in [-0.2, 0) is 28.2 Å². The molecule has 7 aromatic carbocycles. The van der Waals surface area contributed by atoms with Gasteiger partial charge in [0.2, 0.25) is 20.3 Å². The standard InChI is InChI=1S/C76H79Cl2FN6O10Si/c1-49-61(33-35-65(69(49)77)93-60(46-84-42-40-83(5)41-43-84)48-92-76(52-16-12-11-13-17-52,53-22-28-57(88-6)29-23-53)54-24-30-58(89-7)31-25-54)68-67(50-20-26-55(79)27-21-50)71(78)85-39-38-81-73(70(68)85)94-66(74(86)87)45-51-44-59(95-96(9,10)75(2,3)4)32-34-63(51)91-47-56-36-37-80-72(82-56)62-18-14-15-19-64(62)90-8/h11-39,44,60,66H,40-43,45-48H2,1-10H3,(H,86,87)/t60-,66-/m1/s1. The summed E-state index contributed by atoms with van der Waals surface area (Å²) in [6, 6.07) is 50.3. The maximum absolute atomic E-state index is 14.9. The molecule has 0 unspecified atom stereocenters.